The molecule has 0 aliphatic carbocycles. The van der Waals surface area contributed by atoms with Crippen LogP contribution < -0.4 is 0 Å². The van der Waals surface area contributed by atoms with Gasteiger partial charge in [0.2, 0.25) is 5.91 Å². The molecule has 2 heterocycles. The third-order valence-electron chi connectivity index (χ3n) is 3.79. The Hall–Kier alpha value is -1.94. The zero-order chi connectivity index (χ0) is 14.5. The monoisotopic (exact) mass is 276 g/mol. The van der Waals surface area contributed by atoms with E-state index in [2.05, 4.69) is 21.1 Å². The van der Waals surface area contributed by atoms with Crippen molar-refractivity contribution in [3.63, 3.8) is 0 Å². The van der Waals surface area contributed by atoms with Crippen molar-refractivity contribution in [2.75, 3.05) is 26.2 Å². The summed E-state index contributed by atoms with van der Waals surface area (Å²) in [5.41, 5.74) is 0. The standard InChI is InChI=1S/C13H20N6O/c1-3-12(8-14)17-4-6-18(7-5-17)13(20)11(2)19-10-15-9-16-19/h9-12H,3-7H2,1-2H3. The van der Waals surface area contributed by atoms with E-state index in [9.17, 15) is 4.79 Å². The second kappa shape index (κ2) is 6.48. The molecule has 2 atom stereocenters. The van der Waals surface area contributed by atoms with E-state index in [1.165, 1.54) is 6.33 Å². The first-order valence-electron chi connectivity index (χ1n) is 6.94. The number of nitriles is 1. The van der Waals surface area contributed by atoms with Crippen LogP contribution in [0.4, 0.5) is 0 Å². The van der Waals surface area contributed by atoms with Gasteiger partial charge in [-0.15, -0.1) is 0 Å². The lowest BCUT2D eigenvalue weighted by molar-refractivity contribution is -0.136. The molecular weight excluding hydrogens is 256 g/mol. The minimum atomic E-state index is -0.331. The molecule has 7 nitrogen and oxygen atoms in total. The van der Waals surface area contributed by atoms with Gasteiger partial charge in [-0.3, -0.25) is 9.69 Å². The zero-order valence-electron chi connectivity index (χ0n) is 11.9. The lowest BCUT2D eigenvalue weighted by Crippen LogP contribution is -2.52. The molecule has 1 amide bonds. The topological polar surface area (TPSA) is 78.0 Å². The van der Waals surface area contributed by atoms with Gasteiger partial charge in [0, 0.05) is 26.2 Å². The highest BCUT2D eigenvalue weighted by Gasteiger charge is 2.28. The third kappa shape index (κ3) is 2.96. The van der Waals surface area contributed by atoms with E-state index in [4.69, 9.17) is 5.26 Å². The van der Waals surface area contributed by atoms with E-state index in [-0.39, 0.29) is 18.0 Å². The van der Waals surface area contributed by atoms with Crippen LogP contribution in [-0.2, 0) is 4.79 Å². The van der Waals surface area contributed by atoms with Crippen LogP contribution in [0.25, 0.3) is 0 Å². The molecule has 2 rings (SSSR count). The number of hydrogen-bond donors (Lipinski definition) is 0. The zero-order valence-corrected chi connectivity index (χ0v) is 11.9. The highest BCUT2D eigenvalue weighted by molar-refractivity contribution is 5.80. The molecule has 0 radical (unpaired) electrons. The predicted molar refractivity (Wildman–Crippen MR) is 72.6 cm³/mol. The predicted octanol–water partition coefficient (Wildman–Crippen LogP) is 0.285. The highest BCUT2D eigenvalue weighted by Crippen LogP contribution is 2.13. The first kappa shape index (κ1) is 14.5. The Morgan fingerprint density at radius 2 is 2.10 bits per heavy atom. The maximum absolute atomic E-state index is 12.4. The maximum Gasteiger partial charge on any atom is 0.247 e. The Kier molecular flexibility index (Phi) is 4.69. The van der Waals surface area contributed by atoms with Gasteiger partial charge in [-0.05, 0) is 13.3 Å². The first-order chi connectivity index (χ1) is 9.67. The van der Waals surface area contributed by atoms with Crippen molar-refractivity contribution in [1.82, 2.24) is 24.6 Å². The largest absolute Gasteiger partial charge is 0.338 e. The Balaban J connectivity index is 1.91. The van der Waals surface area contributed by atoms with Crippen molar-refractivity contribution in [2.45, 2.75) is 32.4 Å². The van der Waals surface area contributed by atoms with Crippen LogP contribution in [-0.4, -0.2) is 62.7 Å². The molecule has 1 aliphatic heterocycles. The molecule has 0 N–H and O–H groups in total. The van der Waals surface area contributed by atoms with E-state index in [1.807, 2.05) is 18.7 Å². The Morgan fingerprint density at radius 3 is 2.60 bits per heavy atom. The van der Waals surface area contributed by atoms with Crippen LogP contribution in [0, 0.1) is 11.3 Å². The van der Waals surface area contributed by atoms with E-state index in [0.29, 0.717) is 13.1 Å². The molecular formula is C13H20N6O. The van der Waals surface area contributed by atoms with Crippen LogP contribution in [0.1, 0.15) is 26.3 Å². The van der Waals surface area contributed by atoms with Crippen molar-refractivity contribution in [1.29, 1.82) is 5.26 Å². The van der Waals surface area contributed by atoms with E-state index >= 15 is 0 Å². The number of hydrogen-bond acceptors (Lipinski definition) is 5. The molecule has 1 aliphatic rings. The second-order valence-corrected chi connectivity index (χ2v) is 4.97. The molecule has 0 bridgehead atoms. The summed E-state index contributed by atoms with van der Waals surface area (Å²) in [5, 5.41) is 13.1. The van der Waals surface area contributed by atoms with Gasteiger partial charge in [-0.1, -0.05) is 6.92 Å². The summed E-state index contributed by atoms with van der Waals surface area (Å²) in [4.78, 5) is 20.2. The molecule has 2 unspecified atom stereocenters. The van der Waals surface area contributed by atoms with Crippen molar-refractivity contribution < 1.29 is 4.79 Å². The Morgan fingerprint density at radius 1 is 1.40 bits per heavy atom. The second-order valence-electron chi connectivity index (χ2n) is 4.97. The normalized spacial score (nSPS) is 19.4. The van der Waals surface area contributed by atoms with Crippen LogP contribution >= 0.6 is 0 Å². The Labute approximate surface area is 118 Å². The number of aromatic nitrogens is 3. The van der Waals surface area contributed by atoms with E-state index in [0.717, 1.165) is 19.5 Å². The van der Waals surface area contributed by atoms with E-state index in [1.54, 1.807) is 11.0 Å². The minimum Gasteiger partial charge on any atom is -0.338 e. The smallest absolute Gasteiger partial charge is 0.247 e. The van der Waals surface area contributed by atoms with Gasteiger partial charge >= 0.3 is 0 Å². The fourth-order valence-corrected chi connectivity index (χ4v) is 2.48. The summed E-state index contributed by atoms with van der Waals surface area (Å²) < 4.78 is 1.57. The number of nitrogens with zero attached hydrogens (tertiary/aromatic N) is 6. The van der Waals surface area contributed by atoms with Gasteiger partial charge in [-0.2, -0.15) is 10.4 Å². The van der Waals surface area contributed by atoms with Crippen molar-refractivity contribution in [2.24, 2.45) is 0 Å². The number of rotatable bonds is 4. The third-order valence-corrected chi connectivity index (χ3v) is 3.79. The average Bonchev–Trinajstić information content (AvgIpc) is 3.02. The fourth-order valence-electron chi connectivity index (χ4n) is 2.48. The van der Waals surface area contributed by atoms with Gasteiger partial charge in [0.15, 0.2) is 0 Å². The molecule has 1 aromatic rings. The SMILES string of the molecule is CCC(C#N)N1CCN(C(=O)C(C)n2cncn2)CC1. The molecule has 0 spiro atoms. The molecule has 0 saturated carbocycles. The summed E-state index contributed by atoms with van der Waals surface area (Å²) in [5.74, 6) is 0.0557. The van der Waals surface area contributed by atoms with Gasteiger partial charge in [0.05, 0.1) is 12.1 Å². The van der Waals surface area contributed by atoms with Crippen LogP contribution in [0.3, 0.4) is 0 Å². The maximum atomic E-state index is 12.4. The minimum absolute atomic E-state index is 0.0417. The molecule has 20 heavy (non-hydrogen) atoms. The fraction of sp³-hybridized carbons (Fsp3) is 0.692. The number of piperazine rings is 1. The number of carbonyl (C=O) groups excluding carboxylic acids is 1. The van der Waals surface area contributed by atoms with Crippen molar-refractivity contribution in [3.8, 4) is 6.07 Å². The first-order valence-corrected chi connectivity index (χ1v) is 6.94. The molecule has 7 heteroatoms. The van der Waals surface area contributed by atoms with Gasteiger partial charge in [0.1, 0.15) is 18.7 Å². The lowest BCUT2D eigenvalue weighted by atomic mass is 10.1. The summed E-state index contributed by atoms with van der Waals surface area (Å²) in [6, 6.07) is 1.94. The van der Waals surface area contributed by atoms with Crippen LogP contribution in [0.15, 0.2) is 12.7 Å². The van der Waals surface area contributed by atoms with Gasteiger partial charge in [0.25, 0.3) is 0 Å². The van der Waals surface area contributed by atoms with Crippen molar-refractivity contribution >= 4 is 5.91 Å². The van der Waals surface area contributed by atoms with Crippen LogP contribution in [0.5, 0.6) is 0 Å². The summed E-state index contributed by atoms with van der Waals surface area (Å²) >= 11 is 0. The molecule has 0 aromatic carbocycles. The molecule has 1 aromatic heterocycles. The van der Waals surface area contributed by atoms with Crippen LogP contribution in [0.2, 0.25) is 0 Å². The molecule has 108 valence electrons. The number of carbonyl (C=O) groups is 1. The Bertz CT molecular complexity index is 472. The molecule has 1 fully saturated rings. The van der Waals surface area contributed by atoms with Crippen molar-refractivity contribution in [3.05, 3.63) is 12.7 Å². The van der Waals surface area contributed by atoms with Gasteiger partial charge in [-0.25, -0.2) is 9.67 Å². The molecule has 1 saturated heterocycles. The summed E-state index contributed by atoms with van der Waals surface area (Å²) in [7, 11) is 0. The van der Waals surface area contributed by atoms with E-state index < -0.39 is 0 Å². The average molecular weight is 276 g/mol. The number of amides is 1. The van der Waals surface area contributed by atoms with Gasteiger partial charge < -0.3 is 4.90 Å². The highest BCUT2D eigenvalue weighted by atomic mass is 16.2. The summed E-state index contributed by atoms with van der Waals surface area (Å²) in [6.07, 6.45) is 3.81. The quantitative estimate of drug-likeness (QED) is 0.789. The lowest BCUT2D eigenvalue weighted by Gasteiger charge is -2.37. The summed E-state index contributed by atoms with van der Waals surface area (Å²) in [6.45, 7) is 6.67.